The molecule has 3 atom stereocenters. The van der Waals surface area contributed by atoms with E-state index in [1.807, 2.05) is 6.92 Å². The molecule has 0 radical (unpaired) electrons. The Kier molecular flexibility index (Phi) is 4.98. The van der Waals surface area contributed by atoms with Crippen LogP contribution in [-0.2, 0) is 4.79 Å². The van der Waals surface area contributed by atoms with Crippen LogP contribution in [0.5, 0.6) is 0 Å². The smallest absolute Gasteiger partial charge is 0.123 e. The van der Waals surface area contributed by atoms with Gasteiger partial charge in [0.05, 0.1) is 0 Å². The van der Waals surface area contributed by atoms with Crippen LogP contribution in [0.3, 0.4) is 0 Å². The second-order valence-corrected chi connectivity index (χ2v) is 5.41. The number of carbonyl (C=O) groups excluding carboxylic acids is 1. The number of carbonyl (C=O) groups is 1. The van der Waals surface area contributed by atoms with E-state index < -0.39 is 0 Å². The molecular formula is C15H24O. The summed E-state index contributed by atoms with van der Waals surface area (Å²) in [5.41, 5.74) is 2.62. The molecule has 1 aliphatic carbocycles. The van der Waals surface area contributed by atoms with Gasteiger partial charge in [0.15, 0.2) is 0 Å². The van der Waals surface area contributed by atoms with Gasteiger partial charge in [-0.25, -0.2) is 0 Å². The van der Waals surface area contributed by atoms with Gasteiger partial charge in [0.2, 0.25) is 0 Å². The first-order valence-electron chi connectivity index (χ1n) is 6.30. The van der Waals surface area contributed by atoms with E-state index in [0.29, 0.717) is 11.8 Å². The van der Waals surface area contributed by atoms with Crippen molar-refractivity contribution in [2.24, 2.45) is 17.8 Å². The lowest BCUT2D eigenvalue weighted by atomic mass is 9.74. The quantitative estimate of drug-likeness (QED) is 0.502. The van der Waals surface area contributed by atoms with Gasteiger partial charge in [-0.2, -0.15) is 0 Å². The molecule has 0 saturated carbocycles. The number of hydrogen-bond donors (Lipinski definition) is 0. The standard InChI is InChI=1S/C15H24O/c1-11(2)9-15(10-16)13(4)14-7-5-12(3)6-8-14/h5,10,13-15H,1,6-9H2,2-4H3. The Hall–Kier alpha value is -0.850. The summed E-state index contributed by atoms with van der Waals surface area (Å²) in [5.74, 6) is 1.33. The van der Waals surface area contributed by atoms with Crippen molar-refractivity contribution in [1.82, 2.24) is 0 Å². The SMILES string of the molecule is C=C(C)CC(C=O)C(C)C1CC=C(C)CC1. The molecule has 0 N–H and O–H groups in total. The van der Waals surface area contributed by atoms with Crippen molar-refractivity contribution in [2.45, 2.75) is 46.5 Å². The fourth-order valence-corrected chi connectivity index (χ4v) is 2.57. The van der Waals surface area contributed by atoms with Gasteiger partial charge in [-0.15, -0.1) is 6.58 Å². The number of allylic oxidation sites excluding steroid dienone is 3. The van der Waals surface area contributed by atoms with Gasteiger partial charge in [0, 0.05) is 5.92 Å². The van der Waals surface area contributed by atoms with Gasteiger partial charge >= 0.3 is 0 Å². The average Bonchev–Trinajstić information content (AvgIpc) is 2.25. The van der Waals surface area contributed by atoms with Gasteiger partial charge in [-0.05, 0) is 51.4 Å². The Balaban J connectivity index is 2.58. The zero-order chi connectivity index (χ0) is 12.1. The maximum Gasteiger partial charge on any atom is 0.123 e. The lowest BCUT2D eigenvalue weighted by Crippen LogP contribution is -2.23. The molecule has 0 aromatic heterocycles. The Labute approximate surface area is 99.6 Å². The summed E-state index contributed by atoms with van der Waals surface area (Å²) in [6.07, 6.45) is 7.91. The Morgan fingerprint density at radius 2 is 2.38 bits per heavy atom. The van der Waals surface area contributed by atoms with E-state index in [0.717, 1.165) is 24.7 Å². The first-order valence-corrected chi connectivity index (χ1v) is 6.30. The van der Waals surface area contributed by atoms with Crippen LogP contribution in [-0.4, -0.2) is 6.29 Å². The van der Waals surface area contributed by atoms with Gasteiger partial charge in [0.1, 0.15) is 6.29 Å². The highest BCUT2D eigenvalue weighted by atomic mass is 16.1. The highest BCUT2D eigenvalue weighted by Gasteiger charge is 2.26. The molecule has 3 unspecified atom stereocenters. The highest BCUT2D eigenvalue weighted by molar-refractivity contribution is 5.54. The number of rotatable bonds is 5. The van der Waals surface area contributed by atoms with Gasteiger partial charge in [0.25, 0.3) is 0 Å². The lowest BCUT2D eigenvalue weighted by molar-refractivity contribution is -0.113. The van der Waals surface area contributed by atoms with Crippen LogP contribution in [0.15, 0.2) is 23.8 Å². The highest BCUT2D eigenvalue weighted by Crippen LogP contribution is 2.34. The molecule has 0 heterocycles. The van der Waals surface area contributed by atoms with Crippen LogP contribution in [0, 0.1) is 17.8 Å². The molecule has 0 spiro atoms. The second kappa shape index (κ2) is 6.03. The summed E-state index contributed by atoms with van der Waals surface area (Å²) in [6.45, 7) is 10.3. The van der Waals surface area contributed by atoms with Crippen LogP contribution in [0.1, 0.15) is 46.5 Å². The summed E-state index contributed by atoms with van der Waals surface area (Å²) in [7, 11) is 0. The monoisotopic (exact) mass is 220 g/mol. The molecule has 0 aromatic carbocycles. The van der Waals surface area contributed by atoms with E-state index in [9.17, 15) is 4.79 Å². The zero-order valence-electron chi connectivity index (χ0n) is 10.8. The maximum atomic E-state index is 11.1. The molecule has 0 saturated heterocycles. The predicted octanol–water partition coefficient (Wildman–Crippen LogP) is 4.15. The van der Waals surface area contributed by atoms with Crippen LogP contribution >= 0.6 is 0 Å². The fraction of sp³-hybridized carbons (Fsp3) is 0.667. The van der Waals surface area contributed by atoms with Crippen molar-refractivity contribution in [3.63, 3.8) is 0 Å². The largest absolute Gasteiger partial charge is 0.303 e. The Morgan fingerprint density at radius 1 is 1.69 bits per heavy atom. The van der Waals surface area contributed by atoms with Crippen LogP contribution in [0.2, 0.25) is 0 Å². The van der Waals surface area contributed by atoms with Crippen molar-refractivity contribution in [3.8, 4) is 0 Å². The maximum absolute atomic E-state index is 11.1. The van der Waals surface area contributed by atoms with E-state index in [4.69, 9.17) is 0 Å². The number of hydrogen-bond acceptors (Lipinski definition) is 1. The molecule has 1 heteroatoms. The predicted molar refractivity (Wildman–Crippen MR) is 69.2 cm³/mol. The minimum atomic E-state index is 0.161. The average molecular weight is 220 g/mol. The molecule has 90 valence electrons. The lowest BCUT2D eigenvalue weighted by Gasteiger charge is -2.30. The van der Waals surface area contributed by atoms with Crippen LogP contribution in [0.4, 0.5) is 0 Å². The fourth-order valence-electron chi connectivity index (χ4n) is 2.57. The van der Waals surface area contributed by atoms with Crippen molar-refractivity contribution in [1.29, 1.82) is 0 Å². The molecule has 16 heavy (non-hydrogen) atoms. The minimum Gasteiger partial charge on any atom is -0.303 e. The van der Waals surface area contributed by atoms with Crippen molar-refractivity contribution >= 4 is 6.29 Å². The van der Waals surface area contributed by atoms with Gasteiger partial charge in [-0.3, -0.25) is 0 Å². The van der Waals surface area contributed by atoms with Crippen molar-refractivity contribution < 1.29 is 4.79 Å². The summed E-state index contributed by atoms with van der Waals surface area (Å²) in [6, 6.07) is 0. The first kappa shape index (κ1) is 13.2. The normalized spacial score (nSPS) is 24.4. The van der Waals surface area contributed by atoms with Crippen molar-refractivity contribution in [3.05, 3.63) is 23.8 Å². The van der Waals surface area contributed by atoms with E-state index in [-0.39, 0.29) is 5.92 Å². The Morgan fingerprint density at radius 3 is 2.81 bits per heavy atom. The topological polar surface area (TPSA) is 17.1 Å². The molecule has 0 aliphatic heterocycles. The summed E-state index contributed by atoms with van der Waals surface area (Å²) >= 11 is 0. The van der Waals surface area contributed by atoms with Gasteiger partial charge in [-0.1, -0.05) is 24.1 Å². The Bertz CT molecular complexity index is 288. The van der Waals surface area contributed by atoms with E-state index in [2.05, 4.69) is 26.5 Å². The molecular weight excluding hydrogens is 196 g/mol. The first-order chi connectivity index (χ1) is 7.54. The molecule has 0 bridgehead atoms. The van der Waals surface area contributed by atoms with Crippen LogP contribution < -0.4 is 0 Å². The molecule has 0 aromatic rings. The zero-order valence-corrected chi connectivity index (χ0v) is 10.8. The number of aldehydes is 1. The molecule has 1 rings (SSSR count). The van der Waals surface area contributed by atoms with Crippen molar-refractivity contribution in [2.75, 3.05) is 0 Å². The third-order valence-corrected chi connectivity index (χ3v) is 3.86. The summed E-state index contributed by atoms with van der Waals surface area (Å²) in [4.78, 5) is 11.1. The third kappa shape index (κ3) is 3.62. The van der Waals surface area contributed by atoms with E-state index in [1.54, 1.807) is 0 Å². The summed E-state index contributed by atoms with van der Waals surface area (Å²) in [5, 5.41) is 0. The molecule has 1 aliphatic rings. The van der Waals surface area contributed by atoms with E-state index in [1.165, 1.54) is 18.4 Å². The van der Waals surface area contributed by atoms with Gasteiger partial charge < -0.3 is 4.79 Å². The van der Waals surface area contributed by atoms with E-state index >= 15 is 0 Å². The third-order valence-electron chi connectivity index (χ3n) is 3.86. The molecule has 0 amide bonds. The summed E-state index contributed by atoms with van der Waals surface area (Å²) < 4.78 is 0. The molecule has 0 fully saturated rings. The molecule has 1 nitrogen and oxygen atoms in total. The minimum absolute atomic E-state index is 0.161. The second-order valence-electron chi connectivity index (χ2n) is 5.41. The van der Waals surface area contributed by atoms with Crippen LogP contribution in [0.25, 0.3) is 0 Å².